The van der Waals surface area contributed by atoms with Gasteiger partial charge in [0.2, 0.25) is 0 Å². The molecular formula is C24H29N3O2. The molecule has 2 fully saturated rings. The monoisotopic (exact) mass is 391 g/mol. The van der Waals surface area contributed by atoms with Crippen LogP contribution < -0.4 is 4.90 Å². The summed E-state index contributed by atoms with van der Waals surface area (Å²) in [5.41, 5.74) is 5.09. The fourth-order valence-corrected chi connectivity index (χ4v) is 5.05. The van der Waals surface area contributed by atoms with Crippen LogP contribution in [0.15, 0.2) is 48.5 Å². The fraction of sp³-hybridized carbons (Fsp3) is 0.458. The number of likely N-dealkylation sites (N-methyl/N-ethyl adjacent to an activating group) is 1. The van der Waals surface area contributed by atoms with Gasteiger partial charge in [0.05, 0.1) is 6.04 Å². The molecule has 0 N–H and O–H groups in total. The second-order valence-electron chi connectivity index (χ2n) is 8.57. The fourth-order valence-electron chi connectivity index (χ4n) is 5.05. The molecule has 5 nitrogen and oxygen atoms in total. The maximum Gasteiger partial charge on any atom is 0.410 e. The van der Waals surface area contributed by atoms with Gasteiger partial charge in [0.1, 0.15) is 6.61 Å². The molecule has 2 saturated heterocycles. The van der Waals surface area contributed by atoms with Gasteiger partial charge in [-0.15, -0.1) is 0 Å². The molecule has 2 aliphatic heterocycles. The molecule has 0 radical (unpaired) electrons. The van der Waals surface area contributed by atoms with Gasteiger partial charge in [-0.25, -0.2) is 4.79 Å². The molecule has 2 heterocycles. The Morgan fingerprint density at radius 3 is 2.59 bits per heavy atom. The summed E-state index contributed by atoms with van der Waals surface area (Å²) in [5, 5.41) is 0. The Bertz CT molecular complexity index is 877. The quantitative estimate of drug-likeness (QED) is 0.792. The zero-order chi connectivity index (χ0) is 19.8. The molecule has 152 valence electrons. The molecule has 0 unspecified atom stereocenters. The average molecular weight is 392 g/mol. The maximum atomic E-state index is 12.9. The Labute approximate surface area is 172 Å². The smallest absolute Gasteiger partial charge is 0.410 e. The molecule has 2 aromatic carbocycles. The molecule has 2 bridgehead atoms. The molecule has 1 amide bonds. The van der Waals surface area contributed by atoms with Gasteiger partial charge in [-0.2, -0.15) is 0 Å². The zero-order valence-corrected chi connectivity index (χ0v) is 17.1. The number of rotatable bonds is 3. The van der Waals surface area contributed by atoms with E-state index in [0.29, 0.717) is 12.5 Å². The van der Waals surface area contributed by atoms with Crippen LogP contribution in [-0.2, 0) is 11.3 Å². The molecule has 0 saturated carbocycles. The lowest BCUT2D eigenvalue weighted by molar-refractivity contribution is 0.0694. The number of ether oxygens (including phenoxy) is 1. The van der Waals surface area contributed by atoms with Crippen LogP contribution in [-0.4, -0.2) is 55.7 Å². The number of carbonyl (C=O) groups is 1. The van der Waals surface area contributed by atoms with E-state index in [4.69, 9.17) is 4.74 Å². The normalized spacial score (nSPS) is 23.8. The van der Waals surface area contributed by atoms with E-state index < -0.39 is 0 Å². The third kappa shape index (κ3) is 3.60. The third-order valence-electron chi connectivity index (χ3n) is 6.78. The van der Waals surface area contributed by atoms with Gasteiger partial charge in [-0.05, 0) is 54.6 Å². The molecule has 0 spiro atoms. The predicted molar refractivity (Wildman–Crippen MR) is 114 cm³/mol. The topological polar surface area (TPSA) is 36.0 Å². The summed E-state index contributed by atoms with van der Waals surface area (Å²) in [4.78, 5) is 19.7. The molecule has 5 rings (SSSR count). The lowest BCUT2D eigenvalue weighted by atomic mass is 9.96. The minimum atomic E-state index is -0.185. The van der Waals surface area contributed by atoms with Gasteiger partial charge in [0.25, 0.3) is 0 Å². The first kappa shape index (κ1) is 18.5. The summed E-state index contributed by atoms with van der Waals surface area (Å²) < 4.78 is 5.66. The molecule has 1 aliphatic carbocycles. The van der Waals surface area contributed by atoms with Crippen LogP contribution in [0.4, 0.5) is 10.5 Å². The Morgan fingerprint density at radius 2 is 1.79 bits per heavy atom. The van der Waals surface area contributed by atoms with E-state index in [2.05, 4.69) is 35.0 Å². The number of likely N-dealkylation sites (tertiary alicyclic amines) is 1. The number of nitrogens with zero attached hydrogens (tertiary/aromatic N) is 3. The molecular weight excluding hydrogens is 362 g/mol. The second kappa shape index (κ2) is 7.71. The van der Waals surface area contributed by atoms with E-state index in [1.54, 1.807) is 0 Å². The highest BCUT2D eigenvalue weighted by Gasteiger charge is 2.41. The van der Waals surface area contributed by atoms with E-state index >= 15 is 0 Å². The summed E-state index contributed by atoms with van der Waals surface area (Å²) in [6, 6.07) is 17.0. The van der Waals surface area contributed by atoms with Gasteiger partial charge in [0, 0.05) is 38.4 Å². The summed E-state index contributed by atoms with van der Waals surface area (Å²) in [6.45, 7) is 5.43. The number of fused-ring (bicyclic) bond motifs is 5. The highest BCUT2D eigenvalue weighted by atomic mass is 16.6. The predicted octanol–water partition coefficient (Wildman–Crippen LogP) is 4.01. The molecule has 29 heavy (non-hydrogen) atoms. The van der Waals surface area contributed by atoms with E-state index in [-0.39, 0.29) is 12.1 Å². The van der Waals surface area contributed by atoms with E-state index in [1.165, 1.54) is 16.8 Å². The van der Waals surface area contributed by atoms with Crippen LogP contribution in [0.1, 0.15) is 41.5 Å². The van der Waals surface area contributed by atoms with Crippen molar-refractivity contribution in [3.05, 3.63) is 65.2 Å². The van der Waals surface area contributed by atoms with Crippen molar-refractivity contribution >= 4 is 11.8 Å². The number of benzene rings is 2. The SMILES string of the molecule is CN1CCN(c2ccc3c(c2)[C@H]2C[C@H]3CCN2C(=O)OCc2ccccc2)CC1. The van der Waals surface area contributed by atoms with Gasteiger partial charge < -0.3 is 19.4 Å². The van der Waals surface area contributed by atoms with Gasteiger partial charge >= 0.3 is 6.09 Å². The molecule has 5 heteroatoms. The minimum absolute atomic E-state index is 0.152. The minimum Gasteiger partial charge on any atom is -0.445 e. The van der Waals surface area contributed by atoms with Crippen LogP contribution >= 0.6 is 0 Å². The largest absolute Gasteiger partial charge is 0.445 e. The molecule has 3 aliphatic rings. The standard InChI is InChI=1S/C24H29N3O2/c1-25-11-13-26(14-12-25)20-7-8-21-19-9-10-27(23(15-19)22(21)16-20)24(28)29-17-18-5-3-2-4-6-18/h2-8,16,19,23H,9-15,17H2,1H3/t19-,23-/m1/s1. The number of hydrogen-bond donors (Lipinski definition) is 0. The highest BCUT2D eigenvalue weighted by molar-refractivity contribution is 5.70. The Hall–Kier alpha value is -2.53. The van der Waals surface area contributed by atoms with Crippen molar-refractivity contribution in [1.29, 1.82) is 0 Å². The van der Waals surface area contributed by atoms with Crippen LogP contribution in [0.2, 0.25) is 0 Å². The average Bonchev–Trinajstić information content (AvgIpc) is 3.05. The second-order valence-corrected chi connectivity index (χ2v) is 8.57. The van der Waals surface area contributed by atoms with Gasteiger partial charge in [-0.1, -0.05) is 36.4 Å². The number of hydrogen-bond acceptors (Lipinski definition) is 4. The van der Waals surface area contributed by atoms with Gasteiger partial charge in [0.15, 0.2) is 0 Å². The van der Waals surface area contributed by atoms with Crippen LogP contribution in [0, 0.1) is 0 Å². The summed E-state index contributed by atoms with van der Waals surface area (Å²) in [7, 11) is 2.18. The van der Waals surface area contributed by atoms with Crippen molar-refractivity contribution in [2.75, 3.05) is 44.7 Å². The first-order chi connectivity index (χ1) is 14.2. The van der Waals surface area contributed by atoms with E-state index in [1.807, 2.05) is 35.2 Å². The van der Waals surface area contributed by atoms with Crippen molar-refractivity contribution in [3.63, 3.8) is 0 Å². The third-order valence-corrected chi connectivity index (χ3v) is 6.78. The summed E-state index contributed by atoms with van der Waals surface area (Å²) >= 11 is 0. The van der Waals surface area contributed by atoms with Crippen molar-refractivity contribution < 1.29 is 9.53 Å². The van der Waals surface area contributed by atoms with Crippen molar-refractivity contribution in [2.24, 2.45) is 0 Å². The van der Waals surface area contributed by atoms with Crippen molar-refractivity contribution in [3.8, 4) is 0 Å². The van der Waals surface area contributed by atoms with Crippen molar-refractivity contribution in [1.82, 2.24) is 9.80 Å². The zero-order valence-electron chi connectivity index (χ0n) is 17.1. The number of anilines is 1. The molecule has 2 atom stereocenters. The van der Waals surface area contributed by atoms with E-state index in [0.717, 1.165) is 51.1 Å². The number of piperidine rings is 1. The highest BCUT2D eigenvalue weighted by Crippen LogP contribution is 2.50. The summed E-state index contributed by atoms with van der Waals surface area (Å²) in [5.74, 6) is 0.578. The number of carbonyl (C=O) groups excluding carboxylic acids is 1. The van der Waals surface area contributed by atoms with Gasteiger partial charge in [-0.3, -0.25) is 0 Å². The first-order valence-corrected chi connectivity index (χ1v) is 10.7. The van der Waals surface area contributed by atoms with E-state index in [9.17, 15) is 4.79 Å². The van der Waals surface area contributed by atoms with Crippen LogP contribution in [0.25, 0.3) is 0 Å². The number of piperazine rings is 1. The molecule has 2 aromatic rings. The molecule has 0 aromatic heterocycles. The Morgan fingerprint density at radius 1 is 1.00 bits per heavy atom. The van der Waals surface area contributed by atoms with Crippen LogP contribution in [0.5, 0.6) is 0 Å². The lowest BCUT2D eigenvalue weighted by Gasteiger charge is -2.35. The maximum absolute atomic E-state index is 12.9. The Balaban J connectivity index is 1.32. The van der Waals surface area contributed by atoms with Crippen molar-refractivity contribution in [2.45, 2.75) is 31.4 Å². The Kier molecular flexibility index (Phi) is 4.92. The first-order valence-electron chi connectivity index (χ1n) is 10.7. The summed E-state index contributed by atoms with van der Waals surface area (Å²) in [6.07, 6.45) is 1.87. The lowest BCUT2D eigenvalue weighted by Crippen LogP contribution is -2.44. The van der Waals surface area contributed by atoms with Crippen LogP contribution in [0.3, 0.4) is 0 Å². The number of amides is 1.